The molecule has 1 saturated heterocycles. The summed E-state index contributed by atoms with van der Waals surface area (Å²) >= 11 is 1.62. The van der Waals surface area contributed by atoms with Crippen molar-refractivity contribution in [2.24, 2.45) is 0 Å². The number of benzene rings is 3. The standard InChI is InChI=1S/C32H34FN3O2S/c1-24-15-20-39-30(24)22-36(21-25-11-13-27(33)14-12-25)31(37)23-35(19-18-34-16-4-5-17-34)32(38)29-10-6-8-26-7-2-3-9-28(26)29/h2-3,6-15,20H,4-5,16-19,21-23H2,1H3. The zero-order valence-corrected chi connectivity index (χ0v) is 23.1. The Morgan fingerprint density at radius 1 is 0.897 bits per heavy atom. The van der Waals surface area contributed by atoms with E-state index in [0.717, 1.165) is 46.4 Å². The van der Waals surface area contributed by atoms with Gasteiger partial charge in [0.2, 0.25) is 5.91 Å². The highest BCUT2D eigenvalue weighted by Gasteiger charge is 2.25. The van der Waals surface area contributed by atoms with Gasteiger partial charge < -0.3 is 14.7 Å². The third-order valence-electron chi connectivity index (χ3n) is 7.46. The Bertz CT molecular complexity index is 1420. The first kappa shape index (κ1) is 27.0. The number of nitrogens with zero attached hydrogens (tertiary/aromatic N) is 3. The normalized spacial score (nSPS) is 13.6. The van der Waals surface area contributed by atoms with E-state index < -0.39 is 0 Å². The Labute approximate surface area is 233 Å². The van der Waals surface area contributed by atoms with Crippen molar-refractivity contribution in [3.63, 3.8) is 0 Å². The highest BCUT2D eigenvalue weighted by Crippen LogP contribution is 2.22. The average molecular weight is 544 g/mol. The van der Waals surface area contributed by atoms with E-state index in [1.807, 2.05) is 60.8 Å². The summed E-state index contributed by atoms with van der Waals surface area (Å²) in [5.74, 6) is -0.560. The Balaban J connectivity index is 1.41. The monoisotopic (exact) mass is 543 g/mol. The zero-order valence-electron chi connectivity index (χ0n) is 22.3. The van der Waals surface area contributed by atoms with Gasteiger partial charge in [-0.15, -0.1) is 11.3 Å². The van der Waals surface area contributed by atoms with Crippen molar-refractivity contribution < 1.29 is 14.0 Å². The molecule has 0 saturated carbocycles. The van der Waals surface area contributed by atoms with Crippen LogP contribution in [0.5, 0.6) is 0 Å². The molecule has 0 bridgehead atoms. The van der Waals surface area contributed by atoms with Crippen LogP contribution < -0.4 is 0 Å². The predicted molar refractivity (Wildman–Crippen MR) is 155 cm³/mol. The fourth-order valence-electron chi connectivity index (χ4n) is 5.15. The van der Waals surface area contributed by atoms with Gasteiger partial charge in [0.1, 0.15) is 12.4 Å². The number of aryl methyl sites for hydroxylation is 1. The van der Waals surface area contributed by atoms with Gasteiger partial charge >= 0.3 is 0 Å². The number of halogens is 1. The van der Waals surface area contributed by atoms with Crippen molar-refractivity contribution in [3.05, 3.63) is 106 Å². The molecule has 0 atom stereocenters. The highest BCUT2D eigenvalue weighted by molar-refractivity contribution is 7.10. The van der Waals surface area contributed by atoms with Crippen molar-refractivity contribution in [1.29, 1.82) is 0 Å². The Hall–Kier alpha value is -3.55. The van der Waals surface area contributed by atoms with Crippen LogP contribution in [0.2, 0.25) is 0 Å². The summed E-state index contributed by atoms with van der Waals surface area (Å²) in [4.78, 5) is 34.9. The smallest absolute Gasteiger partial charge is 0.254 e. The van der Waals surface area contributed by atoms with Crippen LogP contribution in [0.25, 0.3) is 10.8 Å². The van der Waals surface area contributed by atoms with Gasteiger partial charge in [-0.3, -0.25) is 9.59 Å². The quantitative estimate of drug-likeness (QED) is 0.242. The van der Waals surface area contributed by atoms with E-state index in [2.05, 4.69) is 4.90 Å². The fourth-order valence-corrected chi connectivity index (χ4v) is 6.07. The summed E-state index contributed by atoms with van der Waals surface area (Å²) in [6.07, 6.45) is 2.34. The molecule has 0 aliphatic carbocycles. The number of hydrogen-bond donors (Lipinski definition) is 0. The molecule has 2 amide bonds. The van der Waals surface area contributed by atoms with Gasteiger partial charge in [-0.25, -0.2) is 4.39 Å². The van der Waals surface area contributed by atoms with E-state index >= 15 is 0 Å². The minimum Gasteiger partial charge on any atom is -0.332 e. The van der Waals surface area contributed by atoms with Gasteiger partial charge in [0.15, 0.2) is 0 Å². The maximum atomic E-state index is 14.0. The summed E-state index contributed by atoms with van der Waals surface area (Å²) in [6.45, 7) is 6.10. The Morgan fingerprint density at radius 2 is 1.64 bits per heavy atom. The van der Waals surface area contributed by atoms with E-state index in [1.54, 1.807) is 33.3 Å². The minimum absolute atomic E-state index is 0.0124. The molecule has 4 aromatic rings. The highest BCUT2D eigenvalue weighted by atomic mass is 32.1. The molecule has 39 heavy (non-hydrogen) atoms. The number of thiophene rings is 1. The zero-order chi connectivity index (χ0) is 27.2. The Morgan fingerprint density at radius 3 is 2.38 bits per heavy atom. The van der Waals surface area contributed by atoms with Crippen LogP contribution in [0.3, 0.4) is 0 Å². The van der Waals surface area contributed by atoms with Crippen LogP contribution in [0.1, 0.15) is 39.2 Å². The number of amides is 2. The van der Waals surface area contributed by atoms with Crippen LogP contribution in [-0.4, -0.2) is 59.2 Å². The van der Waals surface area contributed by atoms with Crippen LogP contribution in [0.15, 0.2) is 78.2 Å². The summed E-state index contributed by atoms with van der Waals surface area (Å²) in [7, 11) is 0. The van der Waals surface area contributed by atoms with Gasteiger partial charge in [-0.2, -0.15) is 0 Å². The largest absolute Gasteiger partial charge is 0.332 e. The molecule has 1 aliphatic heterocycles. The molecular formula is C32H34FN3O2S. The Kier molecular flexibility index (Phi) is 8.69. The molecular weight excluding hydrogens is 509 g/mol. The summed E-state index contributed by atoms with van der Waals surface area (Å²) < 4.78 is 13.6. The number of carbonyl (C=O) groups excluding carboxylic acids is 2. The van der Waals surface area contributed by atoms with E-state index in [-0.39, 0.29) is 24.2 Å². The minimum atomic E-state index is -0.306. The lowest BCUT2D eigenvalue weighted by Crippen LogP contribution is -2.45. The third kappa shape index (κ3) is 6.72. The van der Waals surface area contributed by atoms with E-state index in [0.29, 0.717) is 25.2 Å². The maximum Gasteiger partial charge on any atom is 0.254 e. The molecule has 1 aliphatic rings. The molecule has 1 aromatic heterocycles. The second kappa shape index (κ2) is 12.5. The topological polar surface area (TPSA) is 43.9 Å². The van der Waals surface area contributed by atoms with Crippen molar-refractivity contribution in [2.45, 2.75) is 32.9 Å². The van der Waals surface area contributed by atoms with Crippen LogP contribution in [0.4, 0.5) is 4.39 Å². The van der Waals surface area contributed by atoms with Crippen molar-refractivity contribution in [3.8, 4) is 0 Å². The molecule has 2 heterocycles. The van der Waals surface area contributed by atoms with E-state index in [1.165, 1.54) is 25.0 Å². The van der Waals surface area contributed by atoms with Crippen LogP contribution in [-0.2, 0) is 17.9 Å². The molecule has 3 aromatic carbocycles. The van der Waals surface area contributed by atoms with Crippen molar-refractivity contribution in [1.82, 2.24) is 14.7 Å². The van der Waals surface area contributed by atoms with Crippen LogP contribution in [0, 0.1) is 12.7 Å². The molecule has 5 nitrogen and oxygen atoms in total. The summed E-state index contributed by atoms with van der Waals surface area (Å²) in [5.41, 5.74) is 2.60. The second-order valence-corrected chi connectivity index (χ2v) is 11.2. The van der Waals surface area contributed by atoms with Crippen molar-refractivity contribution >= 4 is 33.9 Å². The molecule has 0 radical (unpaired) electrons. The molecule has 0 spiro atoms. The first-order chi connectivity index (χ1) is 19.0. The van der Waals surface area contributed by atoms with Gasteiger partial charge in [-0.05, 0) is 84.4 Å². The number of hydrogen-bond acceptors (Lipinski definition) is 4. The molecule has 5 rings (SSSR count). The van der Waals surface area contributed by atoms with E-state index in [4.69, 9.17) is 0 Å². The first-order valence-corrected chi connectivity index (χ1v) is 14.4. The third-order valence-corrected chi connectivity index (χ3v) is 8.47. The van der Waals surface area contributed by atoms with Gasteiger partial charge in [0.25, 0.3) is 5.91 Å². The van der Waals surface area contributed by atoms with Gasteiger partial charge in [0.05, 0.1) is 6.54 Å². The molecule has 0 unspecified atom stereocenters. The second-order valence-electron chi connectivity index (χ2n) is 10.2. The fraction of sp³-hybridized carbons (Fsp3) is 0.312. The maximum absolute atomic E-state index is 14.0. The predicted octanol–water partition coefficient (Wildman–Crippen LogP) is 6.12. The summed E-state index contributed by atoms with van der Waals surface area (Å²) in [5, 5.41) is 3.92. The lowest BCUT2D eigenvalue weighted by Gasteiger charge is -2.29. The van der Waals surface area contributed by atoms with Gasteiger partial charge in [0, 0.05) is 30.1 Å². The van der Waals surface area contributed by atoms with Gasteiger partial charge in [-0.1, -0.05) is 48.5 Å². The molecule has 7 heteroatoms. The SMILES string of the molecule is Cc1ccsc1CN(Cc1ccc(F)cc1)C(=O)CN(CCN1CCCC1)C(=O)c1cccc2ccccc12. The number of fused-ring (bicyclic) bond motifs is 1. The van der Waals surface area contributed by atoms with Crippen molar-refractivity contribution in [2.75, 3.05) is 32.7 Å². The average Bonchev–Trinajstić information content (AvgIpc) is 3.62. The molecule has 0 N–H and O–H groups in total. The lowest BCUT2D eigenvalue weighted by molar-refractivity contribution is -0.133. The number of rotatable bonds is 10. The lowest BCUT2D eigenvalue weighted by atomic mass is 10.0. The molecule has 1 fully saturated rings. The first-order valence-electron chi connectivity index (χ1n) is 13.5. The molecule has 202 valence electrons. The number of likely N-dealkylation sites (tertiary alicyclic amines) is 1. The number of carbonyl (C=O) groups is 2. The van der Waals surface area contributed by atoms with E-state index in [9.17, 15) is 14.0 Å². The summed E-state index contributed by atoms with van der Waals surface area (Å²) in [6, 6.07) is 21.9. The van der Waals surface area contributed by atoms with Crippen LogP contribution >= 0.6 is 11.3 Å².